The van der Waals surface area contributed by atoms with Gasteiger partial charge in [0.1, 0.15) is 41.5 Å². The van der Waals surface area contributed by atoms with Gasteiger partial charge in [-0.05, 0) is 50.1 Å². The van der Waals surface area contributed by atoms with Crippen molar-refractivity contribution in [2.75, 3.05) is 30.7 Å². The molecule has 0 spiro atoms. The Labute approximate surface area is 260 Å². The SMILES string of the molecule is C[C@@H]1Nc2ccc(OC[C@@]34CCCN3C[C@H](F)C4)c3c2[C@@H](N1)n1cc(Cl)c(-c2ccc(F)c4sc(N)c(C#N)c24)c1C(F)O3. The number of nitrogens with one attached hydrogen (secondary N) is 2. The van der Waals surface area contributed by atoms with Gasteiger partial charge in [-0.15, -0.1) is 11.3 Å². The first-order valence-electron chi connectivity index (χ1n) is 14.5. The van der Waals surface area contributed by atoms with Gasteiger partial charge in [-0.1, -0.05) is 17.7 Å². The molecule has 2 aromatic heterocycles. The highest BCUT2D eigenvalue weighted by Gasteiger charge is 2.49. The number of hydrogen-bond acceptors (Lipinski definition) is 8. The number of hydrogen-bond donors (Lipinski definition) is 3. The number of anilines is 2. The molecule has 0 saturated carbocycles. The number of ether oxygens (including phenoxy) is 2. The van der Waals surface area contributed by atoms with Crippen LogP contribution in [0.1, 0.15) is 55.5 Å². The largest absolute Gasteiger partial charge is 0.488 e. The van der Waals surface area contributed by atoms with Crippen LogP contribution in [0, 0.1) is 17.1 Å². The first kappa shape index (κ1) is 27.9. The van der Waals surface area contributed by atoms with E-state index in [0.29, 0.717) is 29.8 Å². The molecule has 0 aliphatic carbocycles. The molecule has 6 heterocycles. The second kappa shape index (κ2) is 9.94. The summed E-state index contributed by atoms with van der Waals surface area (Å²) in [4.78, 5) is 2.16. The maximum atomic E-state index is 16.7. The molecule has 5 atom stereocenters. The number of halogens is 4. The van der Waals surface area contributed by atoms with Crippen LogP contribution < -0.4 is 25.8 Å². The molecule has 44 heavy (non-hydrogen) atoms. The van der Waals surface area contributed by atoms with E-state index in [1.807, 2.05) is 13.0 Å². The Morgan fingerprint density at radius 1 is 1.30 bits per heavy atom. The third-order valence-corrected chi connectivity index (χ3v) is 10.7. The van der Waals surface area contributed by atoms with Crippen LogP contribution in [0.5, 0.6) is 11.5 Å². The molecule has 0 amide bonds. The van der Waals surface area contributed by atoms with E-state index in [0.717, 1.165) is 36.4 Å². The van der Waals surface area contributed by atoms with Crippen LogP contribution in [-0.2, 0) is 0 Å². The second-order valence-electron chi connectivity index (χ2n) is 12.0. The van der Waals surface area contributed by atoms with Crippen molar-refractivity contribution in [1.82, 2.24) is 14.8 Å². The number of fused-ring (bicyclic) bond motifs is 4. The van der Waals surface area contributed by atoms with Crippen LogP contribution >= 0.6 is 22.9 Å². The Morgan fingerprint density at radius 2 is 2.14 bits per heavy atom. The molecule has 0 bridgehead atoms. The molecule has 4 aliphatic heterocycles. The quantitative estimate of drug-likeness (QED) is 0.225. The number of nitrogen functional groups attached to an aromatic ring is 1. The topological polar surface area (TPSA) is 101 Å². The number of nitrogens with two attached hydrogens (primary N) is 1. The minimum Gasteiger partial charge on any atom is -0.488 e. The fourth-order valence-electron chi connectivity index (χ4n) is 7.57. The van der Waals surface area contributed by atoms with E-state index in [-0.39, 0.29) is 55.5 Å². The maximum absolute atomic E-state index is 16.7. The smallest absolute Gasteiger partial charge is 0.279 e. The molecule has 1 unspecified atom stereocenters. The van der Waals surface area contributed by atoms with Gasteiger partial charge >= 0.3 is 0 Å². The predicted octanol–water partition coefficient (Wildman–Crippen LogP) is 6.84. The summed E-state index contributed by atoms with van der Waals surface area (Å²) in [6.45, 7) is 3.43. The summed E-state index contributed by atoms with van der Waals surface area (Å²) in [5.74, 6) is 0.0546. The first-order chi connectivity index (χ1) is 21.2. The van der Waals surface area contributed by atoms with E-state index in [1.165, 1.54) is 12.1 Å². The van der Waals surface area contributed by atoms with E-state index in [1.54, 1.807) is 16.8 Å². The van der Waals surface area contributed by atoms with Gasteiger partial charge < -0.3 is 25.1 Å². The van der Waals surface area contributed by atoms with Gasteiger partial charge in [0.2, 0.25) is 0 Å². The van der Waals surface area contributed by atoms with Crippen LogP contribution in [0.4, 0.5) is 23.9 Å². The zero-order valence-electron chi connectivity index (χ0n) is 23.6. The minimum atomic E-state index is -2.02. The normalized spacial score (nSPS) is 27.2. The lowest BCUT2D eigenvalue weighted by Gasteiger charge is -2.35. The number of thiophene rings is 1. The van der Waals surface area contributed by atoms with Crippen LogP contribution in [0.3, 0.4) is 0 Å². The lowest BCUT2D eigenvalue weighted by molar-refractivity contribution is 0.0560. The Kier molecular flexibility index (Phi) is 6.30. The molecule has 8 rings (SSSR count). The fraction of sp³-hybridized carbons (Fsp3) is 0.387. The van der Waals surface area contributed by atoms with Crippen molar-refractivity contribution in [3.05, 3.63) is 58.1 Å². The molecule has 8 nitrogen and oxygen atoms in total. The summed E-state index contributed by atoms with van der Waals surface area (Å²) in [6.07, 6.45) is 0.107. The number of alkyl halides is 2. The van der Waals surface area contributed by atoms with Crippen LogP contribution in [0.2, 0.25) is 5.02 Å². The summed E-state index contributed by atoms with van der Waals surface area (Å²) in [5, 5.41) is 17.4. The average molecular weight is 641 g/mol. The monoisotopic (exact) mass is 640 g/mol. The van der Waals surface area contributed by atoms with Gasteiger partial charge in [0.05, 0.1) is 32.6 Å². The molecule has 228 valence electrons. The molecule has 4 aliphatic rings. The van der Waals surface area contributed by atoms with Crippen molar-refractivity contribution in [1.29, 1.82) is 5.26 Å². The van der Waals surface area contributed by atoms with Gasteiger partial charge in [0, 0.05) is 35.8 Å². The molecule has 4 aromatic rings. The number of benzene rings is 2. The van der Waals surface area contributed by atoms with E-state index < -0.39 is 30.1 Å². The summed E-state index contributed by atoms with van der Waals surface area (Å²) >= 11 is 7.80. The highest BCUT2D eigenvalue weighted by molar-refractivity contribution is 7.23. The van der Waals surface area contributed by atoms with Gasteiger partial charge in [-0.3, -0.25) is 10.2 Å². The summed E-state index contributed by atoms with van der Waals surface area (Å²) in [5.41, 5.74) is 7.94. The number of nitrogens with zero attached hydrogens (tertiary/aromatic N) is 3. The van der Waals surface area contributed by atoms with Crippen molar-refractivity contribution in [2.24, 2.45) is 0 Å². The van der Waals surface area contributed by atoms with Crippen LogP contribution in [0.15, 0.2) is 30.5 Å². The van der Waals surface area contributed by atoms with Gasteiger partial charge in [-0.25, -0.2) is 8.78 Å². The van der Waals surface area contributed by atoms with E-state index in [4.69, 9.17) is 26.8 Å². The van der Waals surface area contributed by atoms with E-state index in [9.17, 15) is 14.0 Å². The van der Waals surface area contributed by atoms with Crippen LogP contribution in [0.25, 0.3) is 21.2 Å². The van der Waals surface area contributed by atoms with Crippen molar-refractivity contribution >= 4 is 43.7 Å². The summed E-state index contributed by atoms with van der Waals surface area (Å²) in [7, 11) is 0. The Bertz CT molecular complexity index is 1890. The Morgan fingerprint density at radius 3 is 2.95 bits per heavy atom. The van der Waals surface area contributed by atoms with E-state index in [2.05, 4.69) is 21.6 Å². The zero-order chi connectivity index (χ0) is 30.5. The van der Waals surface area contributed by atoms with Crippen molar-refractivity contribution in [3.63, 3.8) is 0 Å². The highest BCUT2D eigenvalue weighted by Crippen LogP contribution is 2.53. The first-order valence-corrected chi connectivity index (χ1v) is 15.7. The predicted molar refractivity (Wildman–Crippen MR) is 163 cm³/mol. The molecule has 13 heteroatoms. The lowest BCUT2D eigenvalue weighted by atomic mass is 9.94. The third-order valence-electron chi connectivity index (χ3n) is 9.41. The lowest BCUT2D eigenvalue weighted by Crippen LogP contribution is -2.44. The van der Waals surface area contributed by atoms with Gasteiger partial charge in [0.15, 0.2) is 11.5 Å². The molecule has 4 N–H and O–H groups in total. The summed E-state index contributed by atoms with van der Waals surface area (Å²) < 4.78 is 60.4. The van der Waals surface area contributed by atoms with Crippen molar-refractivity contribution in [3.8, 4) is 28.7 Å². The van der Waals surface area contributed by atoms with Gasteiger partial charge in [-0.2, -0.15) is 9.65 Å². The number of rotatable bonds is 4. The summed E-state index contributed by atoms with van der Waals surface area (Å²) in [6, 6.07) is 8.45. The molecule has 2 aromatic carbocycles. The molecule has 2 fully saturated rings. The van der Waals surface area contributed by atoms with Gasteiger partial charge in [0.25, 0.3) is 6.36 Å². The average Bonchev–Trinajstić information content (AvgIpc) is 3.69. The standard InChI is InChI=1S/C31H28ClF3N6O2S/c1-14-38-20-5-6-21(42-13-31-7-2-8-40(31)11-15(33)9-31)26-24(20)30(39-14)41-12-18(32)23(25(41)28(35)43-26)16-3-4-19(34)27-22(16)17(10-36)29(37)44-27/h3-6,12,14-15,28,30,38-39H,2,7-9,11,13,37H2,1H3/t14-,15-,28?,30+,31+/m1/s1. The van der Waals surface area contributed by atoms with E-state index >= 15 is 4.39 Å². The third kappa shape index (κ3) is 3.96. The maximum Gasteiger partial charge on any atom is 0.279 e. The number of aromatic nitrogens is 1. The Hall–Kier alpha value is -3.63. The fourth-order valence-corrected chi connectivity index (χ4v) is 8.83. The van der Waals surface area contributed by atoms with Crippen molar-refractivity contribution in [2.45, 2.75) is 56.6 Å². The van der Waals surface area contributed by atoms with Crippen molar-refractivity contribution < 1.29 is 22.6 Å². The van der Waals surface area contributed by atoms with Crippen LogP contribution in [-0.4, -0.2) is 47.0 Å². The highest BCUT2D eigenvalue weighted by atomic mass is 35.5. The minimum absolute atomic E-state index is 0.105. The molecule has 2 saturated heterocycles. The second-order valence-corrected chi connectivity index (χ2v) is 13.4. The molecule has 0 radical (unpaired) electrons. The molecular formula is C31H28ClF3N6O2S. The zero-order valence-corrected chi connectivity index (χ0v) is 25.2. The molecular weight excluding hydrogens is 613 g/mol. The number of nitriles is 1. The Balaban J connectivity index is 1.26.